The molecule has 2 rings (SSSR count). The summed E-state index contributed by atoms with van der Waals surface area (Å²) < 4.78 is 0. The summed E-state index contributed by atoms with van der Waals surface area (Å²) in [6, 6.07) is 14.5. The number of hydrogen-bond donors (Lipinski definition) is 1. The molecule has 0 atom stereocenters. The predicted molar refractivity (Wildman–Crippen MR) is 82.3 cm³/mol. The van der Waals surface area contributed by atoms with Crippen LogP contribution in [0.15, 0.2) is 53.6 Å². The molecule has 0 saturated heterocycles. The fourth-order valence-electron chi connectivity index (χ4n) is 1.60. The zero-order chi connectivity index (χ0) is 14.4. The molecular weight excluding hydrogens is 295 g/mol. The third-order valence-corrected chi connectivity index (χ3v) is 3.13. The second-order valence-electron chi connectivity index (χ2n) is 4.12. The van der Waals surface area contributed by atoms with Gasteiger partial charge < -0.3 is 0 Å². The molecule has 2 aromatic rings. The largest absolute Gasteiger partial charge is 0.273 e. The molecule has 2 aromatic carbocycles. The standard InChI is InChI=1S/C15H12Cl2N2O/c16-13-7-6-12(14(17)9-13)10-18-19-15(20)8-11-4-2-1-3-5-11/h1-7,9-10H,8H2,(H,19,20)/b18-10+. The van der Waals surface area contributed by atoms with Gasteiger partial charge in [0.2, 0.25) is 5.91 Å². The van der Waals surface area contributed by atoms with Crippen LogP contribution in [0.4, 0.5) is 0 Å². The predicted octanol–water partition coefficient (Wildman–Crippen LogP) is 3.69. The number of benzene rings is 2. The van der Waals surface area contributed by atoms with Crippen molar-refractivity contribution in [2.24, 2.45) is 5.10 Å². The van der Waals surface area contributed by atoms with Crippen molar-refractivity contribution in [3.63, 3.8) is 0 Å². The van der Waals surface area contributed by atoms with Crippen LogP contribution in [0.5, 0.6) is 0 Å². The van der Waals surface area contributed by atoms with E-state index in [1.54, 1.807) is 18.2 Å². The maximum atomic E-state index is 11.7. The van der Waals surface area contributed by atoms with Crippen LogP contribution in [-0.2, 0) is 11.2 Å². The van der Waals surface area contributed by atoms with Gasteiger partial charge in [-0.3, -0.25) is 4.79 Å². The van der Waals surface area contributed by atoms with Crippen molar-refractivity contribution < 1.29 is 4.79 Å². The van der Waals surface area contributed by atoms with Gasteiger partial charge in [-0.2, -0.15) is 5.10 Å². The second-order valence-corrected chi connectivity index (χ2v) is 4.97. The molecular formula is C15H12Cl2N2O. The Labute approximate surface area is 127 Å². The Morgan fingerprint density at radius 1 is 1.15 bits per heavy atom. The van der Waals surface area contributed by atoms with Crippen molar-refractivity contribution in [3.05, 3.63) is 69.7 Å². The minimum absolute atomic E-state index is 0.183. The van der Waals surface area contributed by atoms with Crippen LogP contribution < -0.4 is 5.43 Å². The average molecular weight is 307 g/mol. The van der Waals surface area contributed by atoms with Gasteiger partial charge in [0.25, 0.3) is 0 Å². The number of carbonyl (C=O) groups excluding carboxylic acids is 1. The van der Waals surface area contributed by atoms with E-state index in [0.717, 1.165) is 5.56 Å². The Morgan fingerprint density at radius 3 is 2.60 bits per heavy atom. The number of nitrogens with zero attached hydrogens (tertiary/aromatic N) is 1. The quantitative estimate of drug-likeness (QED) is 0.679. The third kappa shape index (κ3) is 4.37. The molecule has 0 saturated carbocycles. The van der Waals surface area contributed by atoms with Crippen LogP contribution in [0.1, 0.15) is 11.1 Å². The number of halogens is 2. The highest BCUT2D eigenvalue weighted by Crippen LogP contribution is 2.19. The van der Waals surface area contributed by atoms with Crippen molar-refractivity contribution in [2.45, 2.75) is 6.42 Å². The van der Waals surface area contributed by atoms with E-state index in [0.29, 0.717) is 15.6 Å². The van der Waals surface area contributed by atoms with Gasteiger partial charge in [0.05, 0.1) is 17.7 Å². The topological polar surface area (TPSA) is 41.5 Å². The fourth-order valence-corrected chi connectivity index (χ4v) is 2.06. The van der Waals surface area contributed by atoms with Crippen molar-refractivity contribution in [3.8, 4) is 0 Å². The number of carbonyl (C=O) groups is 1. The number of hydrogen-bond acceptors (Lipinski definition) is 2. The second kappa shape index (κ2) is 7.08. The van der Waals surface area contributed by atoms with Crippen molar-refractivity contribution in [2.75, 3.05) is 0 Å². The minimum atomic E-state index is -0.183. The van der Waals surface area contributed by atoms with Crippen LogP contribution in [0.25, 0.3) is 0 Å². The van der Waals surface area contributed by atoms with Crippen LogP contribution >= 0.6 is 23.2 Å². The Morgan fingerprint density at radius 2 is 1.90 bits per heavy atom. The Hall–Kier alpha value is -1.84. The molecule has 0 heterocycles. The molecule has 0 aliphatic carbocycles. The van der Waals surface area contributed by atoms with Gasteiger partial charge in [-0.1, -0.05) is 59.6 Å². The van der Waals surface area contributed by atoms with Crippen molar-refractivity contribution >= 4 is 35.3 Å². The van der Waals surface area contributed by atoms with E-state index in [-0.39, 0.29) is 12.3 Å². The monoisotopic (exact) mass is 306 g/mol. The Balaban J connectivity index is 1.91. The Kier molecular flexibility index (Phi) is 5.16. The van der Waals surface area contributed by atoms with E-state index in [9.17, 15) is 4.79 Å². The number of amides is 1. The maximum absolute atomic E-state index is 11.7. The highest BCUT2D eigenvalue weighted by molar-refractivity contribution is 6.36. The highest BCUT2D eigenvalue weighted by atomic mass is 35.5. The molecule has 1 amide bonds. The first kappa shape index (κ1) is 14.6. The van der Waals surface area contributed by atoms with E-state index in [1.807, 2.05) is 30.3 Å². The molecule has 0 aliphatic heterocycles. The lowest BCUT2D eigenvalue weighted by Gasteiger charge is -2.01. The molecule has 0 fully saturated rings. The molecule has 0 unspecified atom stereocenters. The first-order valence-electron chi connectivity index (χ1n) is 5.96. The van der Waals surface area contributed by atoms with E-state index in [2.05, 4.69) is 10.5 Å². The van der Waals surface area contributed by atoms with Gasteiger partial charge in [-0.15, -0.1) is 0 Å². The van der Waals surface area contributed by atoms with Gasteiger partial charge >= 0.3 is 0 Å². The first-order valence-corrected chi connectivity index (χ1v) is 6.71. The minimum Gasteiger partial charge on any atom is -0.273 e. The van der Waals surface area contributed by atoms with Gasteiger partial charge in [0.1, 0.15) is 0 Å². The van der Waals surface area contributed by atoms with Gasteiger partial charge in [-0.05, 0) is 17.7 Å². The summed E-state index contributed by atoms with van der Waals surface area (Å²) in [6.07, 6.45) is 1.77. The summed E-state index contributed by atoms with van der Waals surface area (Å²) in [5.41, 5.74) is 4.09. The smallest absolute Gasteiger partial charge is 0.244 e. The lowest BCUT2D eigenvalue weighted by molar-refractivity contribution is -0.120. The molecule has 0 spiro atoms. The van der Waals surface area contributed by atoms with Gasteiger partial charge in [0, 0.05) is 10.6 Å². The van der Waals surface area contributed by atoms with E-state index in [1.165, 1.54) is 6.21 Å². The summed E-state index contributed by atoms with van der Waals surface area (Å²) in [5, 5.41) is 4.92. The van der Waals surface area contributed by atoms with E-state index < -0.39 is 0 Å². The SMILES string of the molecule is O=C(Cc1ccccc1)N/N=C/c1ccc(Cl)cc1Cl. The molecule has 0 aliphatic rings. The Bertz CT molecular complexity index is 627. The molecule has 20 heavy (non-hydrogen) atoms. The van der Waals surface area contributed by atoms with Gasteiger partial charge in [-0.25, -0.2) is 5.43 Å². The molecule has 102 valence electrons. The molecule has 5 heteroatoms. The van der Waals surface area contributed by atoms with E-state index >= 15 is 0 Å². The van der Waals surface area contributed by atoms with Crippen LogP contribution in [0.3, 0.4) is 0 Å². The summed E-state index contributed by atoms with van der Waals surface area (Å²) >= 11 is 11.8. The van der Waals surface area contributed by atoms with Crippen molar-refractivity contribution in [1.29, 1.82) is 0 Å². The van der Waals surface area contributed by atoms with Crippen LogP contribution in [-0.4, -0.2) is 12.1 Å². The lowest BCUT2D eigenvalue weighted by atomic mass is 10.1. The molecule has 3 nitrogen and oxygen atoms in total. The lowest BCUT2D eigenvalue weighted by Crippen LogP contribution is -2.19. The van der Waals surface area contributed by atoms with E-state index in [4.69, 9.17) is 23.2 Å². The molecule has 1 N–H and O–H groups in total. The zero-order valence-electron chi connectivity index (χ0n) is 10.5. The number of nitrogens with one attached hydrogen (secondary N) is 1. The summed E-state index contributed by atoms with van der Waals surface area (Å²) in [6.45, 7) is 0. The first-order chi connectivity index (χ1) is 9.65. The van der Waals surface area contributed by atoms with Crippen molar-refractivity contribution in [1.82, 2.24) is 5.43 Å². The number of hydrazone groups is 1. The third-order valence-electron chi connectivity index (χ3n) is 2.56. The summed E-state index contributed by atoms with van der Waals surface area (Å²) in [5.74, 6) is -0.183. The normalized spacial score (nSPS) is 10.7. The molecule has 0 radical (unpaired) electrons. The van der Waals surface area contributed by atoms with Gasteiger partial charge in [0.15, 0.2) is 0 Å². The molecule has 0 aromatic heterocycles. The summed E-state index contributed by atoms with van der Waals surface area (Å²) in [4.78, 5) is 11.7. The average Bonchev–Trinajstić information content (AvgIpc) is 2.42. The summed E-state index contributed by atoms with van der Waals surface area (Å²) in [7, 11) is 0. The number of rotatable bonds is 4. The van der Waals surface area contributed by atoms with Crippen LogP contribution in [0.2, 0.25) is 10.0 Å². The fraction of sp³-hybridized carbons (Fsp3) is 0.0667. The molecule has 0 bridgehead atoms. The highest BCUT2D eigenvalue weighted by Gasteiger charge is 2.01. The maximum Gasteiger partial charge on any atom is 0.244 e. The zero-order valence-corrected chi connectivity index (χ0v) is 12.0. The van der Waals surface area contributed by atoms with Crippen LogP contribution in [0, 0.1) is 0 Å².